The van der Waals surface area contributed by atoms with Gasteiger partial charge in [0, 0.05) is 24.7 Å². The molecule has 8 heteroatoms. The van der Waals surface area contributed by atoms with Crippen LogP contribution in [0.25, 0.3) is 0 Å². The fraction of sp³-hybridized carbons (Fsp3) is 0.118. The predicted molar refractivity (Wildman–Crippen MR) is 92.5 cm³/mol. The number of furan rings is 1. The van der Waals surface area contributed by atoms with Gasteiger partial charge in [-0.3, -0.25) is 14.3 Å². The van der Waals surface area contributed by atoms with Gasteiger partial charge in [-0.1, -0.05) is 29.8 Å². The third-order valence-electron chi connectivity index (χ3n) is 3.50. The monoisotopic (exact) mass is 358 g/mol. The lowest BCUT2D eigenvalue weighted by atomic mass is 10.2. The van der Waals surface area contributed by atoms with Crippen molar-refractivity contribution in [3.63, 3.8) is 0 Å². The van der Waals surface area contributed by atoms with Gasteiger partial charge in [0.1, 0.15) is 5.82 Å². The molecule has 3 aromatic rings. The number of hydrogen-bond donors (Lipinski definition) is 2. The maximum atomic E-state index is 12.2. The minimum Gasteiger partial charge on any atom is -0.459 e. The largest absolute Gasteiger partial charge is 0.459 e. The molecule has 0 aliphatic heterocycles. The van der Waals surface area contributed by atoms with Gasteiger partial charge in [-0.2, -0.15) is 5.10 Å². The number of hydrogen-bond acceptors (Lipinski definition) is 4. The summed E-state index contributed by atoms with van der Waals surface area (Å²) in [5.41, 5.74) is 0.990. The van der Waals surface area contributed by atoms with Gasteiger partial charge in [-0.15, -0.1) is 0 Å². The first-order valence-electron chi connectivity index (χ1n) is 7.45. The Kier molecular flexibility index (Phi) is 4.85. The number of benzene rings is 1. The summed E-state index contributed by atoms with van der Waals surface area (Å²) in [5.74, 6) is -0.236. The molecule has 0 radical (unpaired) electrons. The van der Waals surface area contributed by atoms with Crippen molar-refractivity contribution in [2.45, 2.75) is 6.54 Å². The van der Waals surface area contributed by atoms with Crippen molar-refractivity contribution in [3.05, 3.63) is 70.8 Å². The highest BCUT2D eigenvalue weighted by Gasteiger charge is 2.16. The molecule has 0 saturated heterocycles. The van der Waals surface area contributed by atoms with Gasteiger partial charge in [-0.25, -0.2) is 0 Å². The van der Waals surface area contributed by atoms with Gasteiger partial charge in [-0.05, 0) is 23.8 Å². The number of nitrogens with zero attached hydrogens (tertiary/aromatic N) is 2. The first-order valence-corrected chi connectivity index (χ1v) is 7.83. The highest BCUT2D eigenvalue weighted by molar-refractivity contribution is 6.31. The van der Waals surface area contributed by atoms with Crippen LogP contribution in [0.4, 0.5) is 5.82 Å². The number of anilines is 1. The zero-order chi connectivity index (χ0) is 17.8. The Morgan fingerprint density at radius 1 is 1.20 bits per heavy atom. The lowest BCUT2D eigenvalue weighted by molar-refractivity contribution is 0.0944. The van der Waals surface area contributed by atoms with Crippen LogP contribution >= 0.6 is 11.6 Å². The highest BCUT2D eigenvalue weighted by atomic mass is 35.5. The molecule has 3 rings (SSSR count). The number of amides is 2. The molecule has 2 amide bonds. The van der Waals surface area contributed by atoms with Crippen molar-refractivity contribution in [1.82, 2.24) is 15.1 Å². The molecule has 7 nitrogen and oxygen atoms in total. The number of aryl methyl sites for hydroxylation is 1. The molecule has 1 aromatic carbocycles. The number of carbonyl (C=O) groups is 2. The minimum atomic E-state index is -0.420. The molecule has 0 aliphatic carbocycles. The Labute approximate surface area is 148 Å². The molecule has 2 aromatic heterocycles. The summed E-state index contributed by atoms with van der Waals surface area (Å²) in [6.07, 6.45) is 1.41. The Hall–Kier alpha value is -3.06. The van der Waals surface area contributed by atoms with E-state index in [1.54, 1.807) is 25.2 Å². The van der Waals surface area contributed by atoms with Crippen LogP contribution in [0.15, 0.2) is 53.1 Å². The SMILES string of the molecule is Cn1nc(C(=O)NCc2ccccc2Cl)cc1NC(=O)c1ccco1. The number of nitrogens with one attached hydrogen (secondary N) is 2. The van der Waals surface area contributed by atoms with E-state index in [-0.39, 0.29) is 23.9 Å². The average molecular weight is 359 g/mol. The van der Waals surface area contributed by atoms with Crippen molar-refractivity contribution in [1.29, 1.82) is 0 Å². The van der Waals surface area contributed by atoms with E-state index in [4.69, 9.17) is 16.0 Å². The zero-order valence-electron chi connectivity index (χ0n) is 13.3. The van der Waals surface area contributed by atoms with E-state index in [0.29, 0.717) is 10.8 Å². The van der Waals surface area contributed by atoms with Gasteiger partial charge in [0.2, 0.25) is 0 Å². The third kappa shape index (κ3) is 3.89. The standard InChI is InChI=1S/C17H15ClN4O3/c1-22-15(20-17(24)14-7-4-8-25-14)9-13(21-22)16(23)19-10-11-5-2-3-6-12(11)18/h2-9H,10H2,1H3,(H,19,23)(H,20,24). The Bertz CT molecular complexity index is 903. The van der Waals surface area contributed by atoms with Crippen LogP contribution in [0.3, 0.4) is 0 Å². The molecule has 0 aliphatic rings. The molecular weight excluding hydrogens is 344 g/mol. The van der Waals surface area contributed by atoms with Crippen LogP contribution in [0.5, 0.6) is 0 Å². The fourth-order valence-corrected chi connectivity index (χ4v) is 2.39. The first kappa shape index (κ1) is 16.8. The predicted octanol–water partition coefficient (Wildman–Crippen LogP) is 2.85. The Balaban J connectivity index is 1.66. The molecule has 128 valence electrons. The van der Waals surface area contributed by atoms with Gasteiger partial charge >= 0.3 is 0 Å². The second kappa shape index (κ2) is 7.23. The molecule has 0 fully saturated rings. The van der Waals surface area contributed by atoms with Gasteiger partial charge in [0.25, 0.3) is 11.8 Å². The van der Waals surface area contributed by atoms with E-state index in [0.717, 1.165) is 5.56 Å². The molecule has 2 N–H and O–H groups in total. The van der Waals surface area contributed by atoms with Crippen LogP contribution in [-0.2, 0) is 13.6 Å². The van der Waals surface area contributed by atoms with E-state index < -0.39 is 5.91 Å². The summed E-state index contributed by atoms with van der Waals surface area (Å²) < 4.78 is 6.43. The van der Waals surface area contributed by atoms with E-state index in [1.807, 2.05) is 18.2 Å². The average Bonchev–Trinajstić information content (AvgIpc) is 3.24. The third-order valence-corrected chi connectivity index (χ3v) is 3.86. The Morgan fingerprint density at radius 3 is 2.72 bits per heavy atom. The molecule has 0 unspecified atom stereocenters. The molecule has 0 bridgehead atoms. The van der Waals surface area contributed by atoms with Crippen molar-refractivity contribution >= 4 is 29.2 Å². The van der Waals surface area contributed by atoms with E-state index in [1.165, 1.54) is 17.0 Å². The number of aromatic nitrogens is 2. The van der Waals surface area contributed by atoms with E-state index >= 15 is 0 Å². The lowest BCUT2D eigenvalue weighted by Crippen LogP contribution is -2.23. The van der Waals surface area contributed by atoms with Crippen LogP contribution in [0.1, 0.15) is 26.6 Å². The summed E-state index contributed by atoms with van der Waals surface area (Å²) in [5, 5.41) is 10.1. The van der Waals surface area contributed by atoms with E-state index in [2.05, 4.69) is 15.7 Å². The van der Waals surface area contributed by atoms with Gasteiger partial charge in [0.05, 0.1) is 6.26 Å². The quantitative estimate of drug-likeness (QED) is 0.734. The van der Waals surface area contributed by atoms with E-state index in [9.17, 15) is 9.59 Å². The summed E-state index contributed by atoms with van der Waals surface area (Å²) in [7, 11) is 1.63. The van der Waals surface area contributed by atoms with Crippen LogP contribution in [-0.4, -0.2) is 21.6 Å². The smallest absolute Gasteiger partial charge is 0.292 e. The number of halogens is 1. The summed E-state index contributed by atoms with van der Waals surface area (Å²) in [6.45, 7) is 0.281. The molecule has 0 spiro atoms. The summed E-state index contributed by atoms with van der Waals surface area (Å²) in [6, 6.07) is 11.9. The second-order valence-electron chi connectivity index (χ2n) is 5.24. The molecular formula is C17H15ClN4O3. The molecule has 2 heterocycles. The van der Waals surface area contributed by atoms with Crippen molar-refractivity contribution < 1.29 is 14.0 Å². The van der Waals surface area contributed by atoms with Crippen LogP contribution in [0, 0.1) is 0 Å². The maximum absolute atomic E-state index is 12.2. The highest BCUT2D eigenvalue weighted by Crippen LogP contribution is 2.15. The zero-order valence-corrected chi connectivity index (χ0v) is 14.1. The second-order valence-corrected chi connectivity index (χ2v) is 5.65. The summed E-state index contributed by atoms with van der Waals surface area (Å²) in [4.78, 5) is 24.2. The number of rotatable bonds is 5. The minimum absolute atomic E-state index is 0.172. The number of carbonyl (C=O) groups excluding carboxylic acids is 2. The molecule has 25 heavy (non-hydrogen) atoms. The normalized spacial score (nSPS) is 10.5. The topological polar surface area (TPSA) is 89.2 Å². The Morgan fingerprint density at radius 2 is 2.00 bits per heavy atom. The first-order chi connectivity index (χ1) is 12.0. The lowest BCUT2D eigenvalue weighted by Gasteiger charge is -2.05. The van der Waals surface area contributed by atoms with Gasteiger partial charge < -0.3 is 15.1 Å². The maximum Gasteiger partial charge on any atom is 0.292 e. The van der Waals surface area contributed by atoms with Crippen LogP contribution in [0.2, 0.25) is 5.02 Å². The van der Waals surface area contributed by atoms with Gasteiger partial charge in [0.15, 0.2) is 11.5 Å². The molecule has 0 saturated carbocycles. The van der Waals surface area contributed by atoms with Crippen LogP contribution < -0.4 is 10.6 Å². The summed E-state index contributed by atoms with van der Waals surface area (Å²) >= 11 is 6.06. The fourth-order valence-electron chi connectivity index (χ4n) is 2.19. The molecule has 0 atom stereocenters. The van der Waals surface area contributed by atoms with Crippen molar-refractivity contribution in [2.24, 2.45) is 7.05 Å². The van der Waals surface area contributed by atoms with Crippen molar-refractivity contribution in [3.8, 4) is 0 Å². The van der Waals surface area contributed by atoms with Crippen molar-refractivity contribution in [2.75, 3.05) is 5.32 Å².